The van der Waals surface area contributed by atoms with E-state index in [1.807, 2.05) is 19.3 Å². The number of nitrogens with zero attached hydrogens (tertiary/aromatic N) is 3. The molecule has 2 rings (SSSR count). The standard InChI is InChI=1S/C14H23N3O2/c1-10(2)13-11(6-5-9-19-13)14(18)17(4)12-7-8-16(3)15-12/h7-8,10-11,13H,5-6,9H2,1-4H3/t11-,13+/m0/s1. The lowest BCUT2D eigenvalue weighted by molar-refractivity contribution is -0.134. The van der Waals surface area contributed by atoms with Crippen molar-refractivity contribution in [2.24, 2.45) is 18.9 Å². The van der Waals surface area contributed by atoms with Crippen LogP contribution in [-0.2, 0) is 16.6 Å². The van der Waals surface area contributed by atoms with E-state index >= 15 is 0 Å². The molecule has 0 radical (unpaired) electrons. The second-order valence-electron chi connectivity index (χ2n) is 5.57. The number of amides is 1. The highest BCUT2D eigenvalue weighted by atomic mass is 16.5. The van der Waals surface area contributed by atoms with Gasteiger partial charge in [0, 0.05) is 33.0 Å². The van der Waals surface area contributed by atoms with E-state index in [4.69, 9.17) is 4.74 Å². The van der Waals surface area contributed by atoms with Crippen LogP contribution in [0, 0.1) is 11.8 Å². The molecule has 0 aliphatic carbocycles. The largest absolute Gasteiger partial charge is 0.377 e. The zero-order valence-electron chi connectivity index (χ0n) is 12.2. The van der Waals surface area contributed by atoms with Crippen molar-refractivity contribution in [3.8, 4) is 0 Å². The van der Waals surface area contributed by atoms with Crippen LogP contribution in [0.15, 0.2) is 12.3 Å². The molecule has 0 unspecified atom stereocenters. The van der Waals surface area contributed by atoms with E-state index in [0.29, 0.717) is 11.7 Å². The van der Waals surface area contributed by atoms with Crippen molar-refractivity contribution in [1.29, 1.82) is 0 Å². The molecule has 1 aromatic heterocycles. The number of aromatic nitrogens is 2. The van der Waals surface area contributed by atoms with Gasteiger partial charge < -0.3 is 4.74 Å². The van der Waals surface area contributed by atoms with E-state index in [1.54, 1.807) is 16.6 Å². The minimum atomic E-state index is -0.0549. The zero-order valence-corrected chi connectivity index (χ0v) is 12.2. The van der Waals surface area contributed by atoms with Gasteiger partial charge in [-0.3, -0.25) is 14.4 Å². The van der Waals surface area contributed by atoms with E-state index < -0.39 is 0 Å². The van der Waals surface area contributed by atoms with Crippen molar-refractivity contribution in [3.63, 3.8) is 0 Å². The Balaban J connectivity index is 2.12. The minimum Gasteiger partial charge on any atom is -0.377 e. The number of rotatable bonds is 3. The highest BCUT2D eigenvalue weighted by Crippen LogP contribution is 2.28. The fourth-order valence-corrected chi connectivity index (χ4v) is 2.67. The summed E-state index contributed by atoms with van der Waals surface area (Å²) in [5.41, 5.74) is 0. The molecule has 5 heteroatoms. The third-order valence-corrected chi connectivity index (χ3v) is 3.71. The molecule has 1 aromatic rings. The summed E-state index contributed by atoms with van der Waals surface area (Å²) in [6, 6.07) is 1.85. The Morgan fingerprint density at radius 3 is 2.89 bits per heavy atom. The van der Waals surface area contributed by atoms with Gasteiger partial charge in [-0.25, -0.2) is 0 Å². The van der Waals surface area contributed by atoms with Crippen LogP contribution in [0.5, 0.6) is 0 Å². The number of aryl methyl sites for hydroxylation is 1. The lowest BCUT2D eigenvalue weighted by atomic mass is 9.86. The van der Waals surface area contributed by atoms with Gasteiger partial charge in [0.1, 0.15) is 0 Å². The molecule has 1 aliphatic heterocycles. The average molecular weight is 265 g/mol. The van der Waals surface area contributed by atoms with Crippen LogP contribution in [0.2, 0.25) is 0 Å². The molecule has 0 aromatic carbocycles. The summed E-state index contributed by atoms with van der Waals surface area (Å²) >= 11 is 0. The molecule has 19 heavy (non-hydrogen) atoms. The molecule has 1 fully saturated rings. The first-order valence-electron chi connectivity index (χ1n) is 6.89. The molecule has 0 spiro atoms. The predicted octanol–water partition coefficient (Wildman–Crippen LogP) is 1.83. The van der Waals surface area contributed by atoms with Gasteiger partial charge in [-0.2, -0.15) is 5.10 Å². The highest BCUT2D eigenvalue weighted by Gasteiger charge is 2.36. The van der Waals surface area contributed by atoms with Gasteiger partial charge in [-0.05, 0) is 18.8 Å². The SMILES string of the molecule is CC(C)[C@H]1OCCC[C@@H]1C(=O)N(C)c1ccn(C)n1. The maximum atomic E-state index is 12.6. The Labute approximate surface area is 114 Å². The highest BCUT2D eigenvalue weighted by molar-refractivity contribution is 5.94. The van der Waals surface area contributed by atoms with Crippen molar-refractivity contribution in [1.82, 2.24) is 9.78 Å². The summed E-state index contributed by atoms with van der Waals surface area (Å²) < 4.78 is 7.50. The number of ether oxygens (including phenoxy) is 1. The van der Waals surface area contributed by atoms with Crippen molar-refractivity contribution < 1.29 is 9.53 Å². The lowest BCUT2D eigenvalue weighted by Gasteiger charge is -2.35. The van der Waals surface area contributed by atoms with Gasteiger partial charge in [0.2, 0.25) is 5.91 Å². The summed E-state index contributed by atoms with van der Waals surface area (Å²) in [4.78, 5) is 14.3. The Kier molecular flexibility index (Phi) is 4.24. The molecule has 1 aliphatic rings. The Morgan fingerprint density at radius 1 is 1.58 bits per heavy atom. The van der Waals surface area contributed by atoms with Gasteiger partial charge in [0.15, 0.2) is 5.82 Å². The summed E-state index contributed by atoms with van der Waals surface area (Å²) in [6.07, 6.45) is 3.72. The van der Waals surface area contributed by atoms with Crippen LogP contribution in [0.1, 0.15) is 26.7 Å². The third kappa shape index (κ3) is 2.97. The van der Waals surface area contributed by atoms with Crippen LogP contribution < -0.4 is 4.90 Å². The smallest absolute Gasteiger partial charge is 0.233 e. The summed E-state index contributed by atoms with van der Waals surface area (Å²) in [5, 5.41) is 4.28. The summed E-state index contributed by atoms with van der Waals surface area (Å²) in [7, 11) is 3.64. The summed E-state index contributed by atoms with van der Waals surface area (Å²) in [5.74, 6) is 1.10. The molecule has 106 valence electrons. The fourth-order valence-electron chi connectivity index (χ4n) is 2.67. The molecule has 1 amide bonds. The van der Waals surface area contributed by atoms with Crippen molar-refractivity contribution >= 4 is 11.7 Å². The van der Waals surface area contributed by atoms with Crippen molar-refractivity contribution in [3.05, 3.63) is 12.3 Å². The predicted molar refractivity (Wildman–Crippen MR) is 73.9 cm³/mol. The third-order valence-electron chi connectivity index (χ3n) is 3.71. The number of anilines is 1. The number of carbonyl (C=O) groups excluding carboxylic acids is 1. The molecule has 5 nitrogen and oxygen atoms in total. The number of hydrogen-bond donors (Lipinski definition) is 0. The normalized spacial score (nSPS) is 23.6. The van der Waals surface area contributed by atoms with Crippen LogP contribution >= 0.6 is 0 Å². The van der Waals surface area contributed by atoms with E-state index in [0.717, 1.165) is 19.4 Å². The van der Waals surface area contributed by atoms with Crippen molar-refractivity contribution in [2.45, 2.75) is 32.8 Å². The second-order valence-corrected chi connectivity index (χ2v) is 5.57. The van der Waals surface area contributed by atoms with Gasteiger partial charge in [-0.1, -0.05) is 13.8 Å². The maximum Gasteiger partial charge on any atom is 0.233 e. The Morgan fingerprint density at radius 2 is 2.32 bits per heavy atom. The first-order valence-corrected chi connectivity index (χ1v) is 6.89. The first-order chi connectivity index (χ1) is 9.00. The molecular formula is C14H23N3O2. The van der Waals surface area contributed by atoms with E-state index in [1.165, 1.54) is 0 Å². The van der Waals surface area contributed by atoms with Crippen LogP contribution in [0.3, 0.4) is 0 Å². The van der Waals surface area contributed by atoms with E-state index in [9.17, 15) is 4.79 Å². The van der Waals surface area contributed by atoms with Gasteiger partial charge in [0.05, 0.1) is 12.0 Å². The van der Waals surface area contributed by atoms with Gasteiger partial charge >= 0.3 is 0 Å². The molecule has 1 saturated heterocycles. The molecule has 0 saturated carbocycles. The Hall–Kier alpha value is -1.36. The maximum absolute atomic E-state index is 12.6. The second kappa shape index (κ2) is 5.74. The van der Waals surface area contributed by atoms with E-state index in [-0.39, 0.29) is 17.9 Å². The number of carbonyl (C=O) groups is 1. The lowest BCUT2D eigenvalue weighted by Crippen LogP contribution is -2.44. The van der Waals surface area contributed by atoms with Gasteiger partial charge in [0.25, 0.3) is 0 Å². The molecule has 0 N–H and O–H groups in total. The van der Waals surface area contributed by atoms with E-state index in [2.05, 4.69) is 18.9 Å². The molecular weight excluding hydrogens is 242 g/mol. The van der Waals surface area contributed by atoms with Crippen LogP contribution in [0.4, 0.5) is 5.82 Å². The van der Waals surface area contributed by atoms with Crippen LogP contribution in [-0.4, -0.2) is 35.4 Å². The topological polar surface area (TPSA) is 47.4 Å². The van der Waals surface area contributed by atoms with Gasteiger partial charge in [-0.15, -0.1) is 0 Å². The average Bonchev–Trinajstić information content (AvgIpc) is 2.83. The fraction of sp³-hybridized carbons (Fsp3) is 0.714. The van der Waals surface area contributed by atoms with Crippen molar-refractivity contribution in [2.75, 3.05) is 18.6 Å². The minimum absolute atomic E-state index is 0.0208. The Bertz CT molecular complexity index is 442. The summed E-state index contributed by atoms with van der Waals surface area (Å²) in [6.45, 7) is 4.98. The zero-order chi connectivity index (χ0) is 14.0. The van der Waals surface area contributed by atoms with Crippen LogP contribution in [0.25, 0.3) is 0 Å². The molecule has 2 atom stereocenters. The monoisotopic (exact) mass is 265 g/mol. The molecule has 2 heterocycles. The first kappa shape index (κ1) is 14.1. The molecule has 0 bridgehead atoms. The quantitative estimate of drug-likeness (QED) is 0.837. The number of hydrogen-bond acceptors (Lipinski definition) is 3.